The van der Waals surface area contributed by atoms with Crippen molar-refractivity contribution in [3.8, 4) is 5.75 Å². The highest BCUT2D eigenvalue weighted by molar-refractivity contribution is 5.93. The molecular formula is C22H17F3N4O4. The number of ether oxygens (including phenoxy) is 1. The molecule has 0 aliphatic rings. The molecule has 0 saturated heterocycles. The number of carbonyl (C=O) groups is 1. The van der Waals surface area contributed by atoms with Gasteiger partial charge in [-0.3, -0.25) is 9.59 Å². The largest absolute Gasteiger partial charge is 0.489 e. The summed E-state index contributed by atoms with van der Waals surface area (Å²) in [6.45, 7) is -0.181. The van der Waals surface area contributed by atoms with Gasteiger partial charge in [0.25, 0.3) is 11.5 Å². The van der Waals surface area contributed by atoms with Crippen LogP contribution in [0.25, 0.3) is 11.0 Å². The van der Waals surface area contributed by atoms with Crippen molar-refractivity contribution in [2.24, 2.45) is 0 Å². The van der Waals surface area contributed by atoms with Gasteiger partial charge < -0.3 is 24.6 Å². The van der Waals surface area contributed by atoms with Crippen molar-refractivity contribution in [3.05, 3.63) is 98.1 Å². The van der Waals surface area contributed by atoms with Gasteiger partial charge in [0, 0.05) is 18.3 Å². The van der Waals surface area contributed by atoms with E-state index in [0.29, 0.717) is 16.6 Å². The van der Waals surface area contributed by atoms with Gasteiger partial charge in [0.05, 0.1) is 24.1 Å². The van der Waals surface area contributed by atoms with Crippen LogP contribution < -0.4 is 21.3 Å². The van der Waals surface area contributed by atoms with E-state index >= 15 is 0 Å². The molecule has 1 amide bonds. The highest BCUT2D eigenvalue weighted by Gasteiger charge is 2.13. The van der Waals surface area contributed by atoms with Crippen LogP contribution in [0.1, 0.15) is 15.9 Å². The number of fused-ring (bicyclic) bond motifs is 1. The Morgan fingerprint density at radius 3 is 2.48 bits per heavy atom. The lowest BCUT2D eigenvalue weighted by Crippen LogP contribution is -2.34. The number of nitrogens with one attached hydrogen (secondary N) is 3. The maximum absolute atomic E-state index is 14.1. The predicted octanol–water partition coefficient (Wildman–Crippen LogP) is 2.29. The molecule has 0 spiro atoms. The van der Waals surface area contributed by atoms with E-state index in [1.54, 1.807) is 0 Å². The minimum atomic E-state index is -1.03. The molecule has 0 bridgehead atoms. The lowest BCUT2D eigenvalue weighted by molar-refractivity contribution is 0.0944. The minimum Gasteiger partial charge on any atom is -0.489 e. The van der Waals surface area contributed by atoms with Crippen LogP contribution in [0.15, 0.2) is 58.3 Å². The van der Waals surface area contributed by atoms with Crippen molar-refractivity contribution < 1.29 is 22.7 Å². The van der Waals surface area contributed by atoms with Gasteiger partial charge in [0.15, 0.2) is 23.2 Å². The standard InChI is InChI=1S/C22H17F3N4O4/c23-14-4-3-12(8-15(14)24)11-29-6-1-2-13(21(29)31)20(30)26-5-7-33-19-10-18-17(9-16(19)25)27-22(32)28-18/h1-4,6,8-10H,5,7,11H2,(H,26,30)(H2,27,28,32). The number of rotatable bonds is 7. The molecule has 33 heavy (non-hydrogen) atoms. The predicted molar refractivity (Wildman–Crippen MR) is 113 cm³/mol. The summed E-state index contributed by atoms with van der Waals surface area (Å²) in [5, 5.41) is 2.51. The summed E-state index contributed by atoms with van der Waals surface area (Å²) in [7, 11) is 0. The van der Waals surface area contributed by atoms with Crippen molar-refractivity contribution in [2.45, 2.75) is 6.54 Å². The topological polar surface area (TPSA) is 109 Å². The first-order valence-corrected chi connectivity index (χ1v) is 9.78. The fourth-order valence-corrected chi connectivity index (χ4v) is 3.24. The first-order valence-electron chi connectivity index (χ1n) is 9.78. The molecule has 0 fully saturated rings. The average molecular weight is 458 g/mol. The van der Waals surface area contributed by atoms with Crippen molar-refractivity contribution in [1.82, 2.24) is 19.9 Å². The number of hydrogen-bond acceptors (Lipinski definition) is 4. The van der Waals surface area contributed by atoms with Crippen molar-refractivity contribution >= 4 is 16.9 Å². The molecule has 2 aromatic heterocycles. The van der Waals surface area contributed by atoms with Gasteiger partial charge in [-0.05, 0) is 29.8 Å². The summed E-state index contributed by atoms with van der Waals surface area (Å²) < 4.78 is 47.1. The van der Waals surface area contributed by atoms with E-state index in [2.05, 4.69) is 15.3 Å². The Morgan fingerprint density at radius 1 is 0.970 bits per heavy atom. The molecule has 2 aromatic carbocycles. The van der Waals surface area contributed by atoms with Crippen LogP contribution >= 0.6 is 0 Å². The van der Waals surface area contributed by atoms with E-state index in [9.17, 15) is 27.6 Å². The molecule has 8 nitrogen and oxygen atoms in total. The molecule has 11 heteroatoms. The monoisotopic (exact) mass is 458 g/mol. The van der Waals surface area contributed by atoms with E-state index in [0.717, 1.165) is 18.2 Å². The quantitative estimate of drug-likeness (QED) is 0.369. The van der Waals surface area contributed by atoms with E-state index in [1.807, 2.05) is 0 Å². The van der Waals surface area contributed by atoms with Crippen LogP contribution in [0.2, 0.25) is 0 Å². The first-order chi connectivity index (χ1) is 15.8. The molecule has 0 radical (unpaired) electrons. The normalized spacial score (nSPS) is 11.0. The lowest BCUT2D eigenvalue weighted by Gasteiger charge is -2.10. The fraction of sp³-hybridized carbons (Fsp3) is 0.136. The zero-order chi connectivity index (χ0) is 23.5. The molecule has 3 N–H and O–H groups in total. The summed E-state index contributed by atoms with van der Waals surface area (Å²) in [5.74, 6) is -3.50. The fourth-order valence-electron chi connectivity index (χ4n) is 3.24. The number of aromatic nitrogens is 3. The van der Waals surface area contributed by atoms with Crippen molar-refractivity contribution in [3.63, 3.8) is 0 Å². The second-order valence-electron chi connectivity index (χ2n) is 7.12. The van der Waals surface area contributed by atoms with Crippen LogP contribution in [-0.2, 0) is 6.54 Å². The smallest absolute Gasteiger partial charge is 0.323 e. The Hall–Kier alpha value is -4.28. The van der Waals surface area contributed by atoms with Gasteiger partial charge >= 0.3 is 5.69 Å². The third-order valence-corrected chi connectivity index (χ3v) is 4.82. The third-order valence-electron chi connectivity index (χ3n) is 4.82. The van der Waals surface area contributed by atoms with Gasteiger partial charge in [0.2, 0.25) is 0 Å². The molecule has 170 valence electrons. The third kappa shape index (κ3) is 4.81. The Kier molecular flexibility index (Phi) is 6.03. The molecule has 0 saturated carbocycles. The minimum absolute atomic E-state index is 0.0303. The Balaban J connectivity index is 1.38. The van der Waals surface area contributed by atoms with Crippen molar-refractivity contribution in [2.75, 3.05) is 13.2 Å². The Bertz CT molecular complexity index is 1460. The number of hydrogen-bond donors (Lipinski definition) is 3. The summed E-state index contributed by atoms with van der Waals surface area (Å²) in [6.07, 6.45) is 1.42. The zero-order valence-electron chi connectivity index (χ0n) is 17.0. The highest BCUT2D eigenvalue weighted by atomic mass is 19.2. The van der Waals surface area contributed by atoms with Gasteiger partial charge in [0.1, 0.15) is 12.2 Å². The summed E-state index contributed by atoms with van der Waals surface area (Å²) >= 11 is 0. The van der Waals surface area contributed by atoms with Gasteiger partial charge in [-0.2, -0.15) is 0 Å². The van der Waals surface area contributed by atoms with Crippen LogP contribution in [-0.4, -0.2) is 33.6 Å². The molecule has 0 aliphatic heterocycles. The number of carbonyl (C=O) groups excluding carboxylic acids is 1. The average Bonchev–Trinajstić information content (AvgIpc) is 3.13. The molecule has 0 unspecified atom stereocenters. The molecule has 4 rings (SSSR count). The lowest BCUT2D eigenvalue weighted by atomic mass is 10.2. The van der Waals surface area contributed by atoms with E-state index in [1.165, 1.54) is 35.0 Å². The van der Waals surface area contributed by atoms with Crippen LogP contribution in [0.4, 0.5) is 13.2 Å². The van der Waals surface area contributed by atoms with E-state index in [-0.39, 0.29) is 31.0 Å². The van der Waals surface area contributed by atoms with Crippen LogP contribution in [0, 0.1) is 17.5 Å². The number of aromatic amines is 2. The number of benzene rings is 2. The molecule has 0 aliphatic carbocycles. The molecule has 2 heterocycles. The summed E-state index contributed by atoms with van der Waals surface area (Å²) in [5.41, 5.74) is -0.240. The number of amides is 1. The summed E-state index contributed by atoms with van der Waals surface area (Å²) in [4.78, 5) is 41.2. The van der Waals surface area contributed by atoms with Crippen LogP contribution in [0.3, 0.4) is 0 Å². The van der Waals surface area contributed by atoms with E-state index in [4.69, 9.17) is 4.74 Å². The SMILES string of the molecule is O=C(NCCOc1cc2[nH]c(=O)[nH]c2cc1F)c1cccn(Cc2ccc(F)c(F)c2)c1=O. The molecule has 4 aromatic rings. The maximum atomic E-state index is 14.1. The molecular weight excluding hydrogens is 441 g/mol. The molecule has 0 atom stereocenters. The number of imidazole rings is 1. The second-order valence-corrected chi connectivity index (χ2v) is 7.12. The van der Waals surface area contributed by atoms with E-state index < -0.39 is 34.6 Å². The zero-order valence-corrected chi connectivity index (χ0v) is 17.0. The Labute approximate surface area is 183 Å². The van der Waals surface area contributed by atoms with Crippen LogP contribution in [0.5, 0.6) is 5.75 Å². The second kappa shape index (κ2) is 9.07. The number of pyridine rings is 1. The first kappa shape index (κ1) is 21.9. The van der Waals surface area contributed by atoms with Gasteiger partial charge in [-0.15, -0.1) is 0 Å². The number of H-pyrrole nitrogens is 2. The summed E-state index contributed by atoms with van der Waals surface area (Å²) in [6, 6.07) is 8.52. The maximum Gasteiger partial charge on any atom is 0.323 e. The van der Waals surface area contributed by atoms with Gasteiger partial charge in [-0.1, -0.05) is 6.07 Å². The van der Waals surface area contributed by atoms with Gasteiger partial charge in [-0.25, -0.2) is 18.0 Å². The number of halogens is 3. The van der Waals surface area contributed by atoms with Crippen molar-refractivity contribution in [1.29, 1.82) is 0 Å². The highest BCUT2D eigenvalue weighted by Crippen LogP contribution is 2.21. The Morgan fingerprint density at radius 2 is 1.73 bits per heavy atom. The number of nitrogens with zero attached hydrogens (tertiary/aromatic N) is 1.